The van der Waals surface area contributed by atoms with Gasteiger partial charge in [0.1, 0.15) is 5.82 Å². The van der Waals surface area contributed by atoms with Crippen molar-refractivity contribution < 1.29 is 22.0 Å². The Kier molecular flexibility index (Phi) is 5.56. The molecule has 1 aliphatic rings. The minimum absolute atomic E-state index is 0.129. The van der Waals surface area contributed by atoms with Gasteiger partial charge in [-0.15, -0.1) is 0 Å². The molecule has 0 unspecified atom stereocenters. The molecular formula is C20H19F2N3O3S2. The fraction of sp³-hybridized carbons (Fsp3) is 0.300. The molecule has 1 aromatic heterocycles. The number of sulfonamides is 1. The van der Waals surface area contributed by atoms with Gasteiger partial charge in [-0.2, -0.15) is 9.30 Å². The van der Waals surface area contributed by atoms with E-state index < -0.39 is 27.6 Å². The Morgan fingerprint density at radius 1 is 1.13 bits per heavy atom. The lowest BCUT2D eigenvalue weighted by molar-refractivity contribution is 0.0997. The highest BCUT2D eigenvalue weighted by molar-refractivity contribution is 7.89. The molecule has 0 aliphatic carbocycles. The van der Waals surface area contributed by atoms with E-state index in [-0.39, 0.29) is 20.8 Å². The summed E-state index contributed by atoms with van der Waals surface area (Å²) in [5.74, 6) is -2.00. The van der Waals surface area contributed by atoms with Crippen LogP contribution in [-0.2, 0) is 16.6 Å². The summed E-state index contributed by atoms with van der Waals surface area (Å²) in [5.41, 5.74) is 0.407. The number of benzene rings is 2. The van der Waals surface area contributed by atoms with Crippen LogP contribution in [0, 0.1) is 11.6 Å². The molecule has 0 saturated carbocycles. The molecule has 6 nitrogen and oxygen atoms in total. The summed E-state index contributed by atoms with van der Waals surface area (Å²) < 4.78 is 56.2. The van der Waals surface area contributed by atoms with E-state index in [1.54, 1.807) is 6.92 Å². The summed E-state index contributed by atoms with van der Waals surface area (Å²) in [4.78, 5) is 17.1. The van der Waals surface area contributed by atoms with E-state index in [1.165, 1.54) is 39.2 Å². The normalized spacial score (nSPS) is 15.9. The zero-order chi connectivity index (χ0) is 21.5. The third kappa shape index (κ3) is 3.70. The van der Waals surface area contributed by atoms with Gasteiger partial charge in [0, 0.05) is 31.3 Å². The molecule has 0 spiro atoms. The van der Waals surface area contributed by atoms with Crippen LogP contribution in [0.5, 0.6) is 0 Å². The van der Waals surface area contributed by atoms with Gasteiger partial charge in [0.15, 0.2) is 10.6 Å². The number of carbonyl (C=O) groups excluding carboxylic acids is 1. The average molecular weight is 452 g/mol. The van der Waals surface area contributed by atoms with Crippen LogP contribution in [0.15, 0.2) is 46.3 Å². The number of carbonyl (C=O) groups is 1. The molecule has 0 radical (unpaired) electrons. The maximum absolute atomic E-state index is 14.2. The van der Waals surface area contributed by atoms with Crippen LogP contribution in [0.1, 0.15) is 30.1 Å². The first-order valence-electron chi connectivity index (χ1n) is 9.49. The molecule has 10 heteroatoms. The molecule has 2 heterocycles. The number of halogens is 2. The van der Waals surface area contributed by atoms with Crippen LogP contribution >= 0.6 is 11.3 Å². The van der Waals surface area contributed by atoms with Crippen molar-refractivity contribution in [1.82, 2.24) is 8.87 Å². The van der Waals surface area contributed by atoms with E-state index in [0.717, 1.165) is 30.2 Å². The molecular weight excluding hydrogens is 432 g/mol. The van der Waals surface area contributed by atoms with Crippen molar-refractivity contribution in [3.05, 3.63) is 58.4 Å². The topological polar surface area (TPSA) is 71.7 Å². The smallest absolute Gasteiger partial charge is 0.279 e. The predicted octanol–water partition coefficient (Wildman–Crippen LogP) is 3.53. The number of nitrogens with zero attached hydrogens (tertiary/aromatic N) is 3. The Bertz CT molecular complexity index is 1290. The van der Waals surface area contributed by atoms with E-state index in [4.69, 9.17) is 0 Å². The van der Waals surface area contributed by atoms with Gasteiger partial charge in [-0.05, 0) is 50.1 Å². The van der Waals surface area contributed by atoms with E-state index in [2.05, 4.69) is 4.99 Å². The van der Waals surface area contributed by atoms with Crippen LogP contribution < -0.4 is 4.80 Å². The Morgan fingerprint density at radius 2 is 1.80 bits per heavy atom. The lowest BCUT2D eigenvalue weighted by Gasteiger charge is -2.15. The standard InChI is InChI=1S/C20H19F2N3O3S2/c1-2-25-18-16(22)11-14(21)12-17(18)29-20(25)23-19(26)13-5-7-15(8-6-13)30(27,28)24-9-3-4-10-24/h5-8,11-12H,2-4,9-10H2,1H3. The Labute approximate surface area is 176 Å². The zero-order valence-corrected chi connectivity index (χ0v) is 17.8. The van der Waals surface area contributed by atoms with Gasteiger partial charge in [-0.1, -0.05) is 11.3 Å². The summed E-state index contributed by atoms with van der Waals surface area (Å²) in [6.45, 7) is 3.12. The first-order valence-corrected chi connectivity index (χ1v) is 11.7. The van der Waals surface area contributed by atoms with Crippen LogP contribution in [0.3, 0.4) is 0 Å². The number of thiazole rings is 1. The average Bonchev–Trinajstić information content (AvgIpc) is 3.36. The molecule has 30 heavy (non-hydrogen) atoms. The molecule has 1 saturated heterocycles. The molecule has 1 amide bonds. The van der Waals surface area contributed by atoms with Crippen molar-refractivity contribution in [2.45, 2.75) is 31.2 Å². The fourth-order valence-corrected chi connectivity index (χ4v) is 6.15. The minimum Gasteiger partial charge on any atom is -0.314 e. The maximum Gasteiger partial charge on any atom is 0.279 e. The highest BCUT2D eigenvalue weighted by Crippen LogP contribution is 2.23. The largest absolute Gasteiger partial charge is 0.314 e. The summed E-state index contributed by atoms with van der Waals surface area (Å²) in [7, 11) is -3.56. The van der Waals surface area contributed by atoms with Crippen molar-refractivity contribution in [2.24, 2.45) is 4.99 Å². The summed E-state index contributed by atoms with van der Waals surface area (Å²) in [6, 6.07) is 7.62. The predicted molar refractivity (Wildman–Crippen MR) is 110 cm³/mol. The van der Waals surface area contributed by atoms with Gasteiger partial charge in [-0.25, -0.2) is 17.2 Å². The number of amides is 1. The lowest BCUT2D eigenvalue weighted by Crippen LogP contribution is -2.27. The van der Waals surface area contributed by atoms with Gasteiger partial charge in [-0.3, -0.25) is 4.79 Å². The second kappa shape index (κ2) is 8.01. The van der Waals surface area contributed by atoms with Crippen molar-refractivity contribution >= 4 is 37.5 Å². The second-order valence-corrected chi connectivity index (χ2v) is 9.86. The number of fused-ring (bicyclic) bond motifs is 1. The molecule has 158 valence electrons. The molecule has 4 rings (SSSR count). The Balaban J connectivity index is 1.69. The lowest BCUT2D eigenvalue weighted by atomic mass is 10.2. The minimum atomic E-state index is -3.56. The second-order valence-electron chi connectivity index (χ2n) is 6.92. The molecule has 2 aromatic carbocycles. The van der Waals surface area contributed by atoms with Crippen molar-refractivity contribution in [2.75, 3.05) is 13.1 Å². The summed E-state index contributed by atoms with van der Waals surface area (Å²) in [6.07, 6.45) is 1.68. The van der Waals surface area contributed by atoms with E-state index >= 15 is 0 Å². The molecule has 1 aliphatic heterocycles. The van der Waals surface area contributed by atoms with E-state index in [9.17, 15) is 22.0 Å². The van der Waals surface area contributed by atoms with Crippen molar-refractivity contribution in [3.8, 4) is 0 Å². The number of rotatable bonds is 4. The van der Waals surface area contributed by atoms with Gasteiger partial charge in [0.25, 0.3) is 5.91 Å². The summed E-state index contributed by atoms with van der Waals surface area (Å²) in [5, 5.41) is 0. The number of hydrogen-bond acceptors (Lipinski definition) is 4. The molecule has 0 N–H and O–H groups in total. The maximum atomic E-state index is 14.2. The Hall–Kier alpha value is -2.43. The monoisotopic (exact) mass is 451 g/mol. The van der Waals surface area contributed by atoms with Crippen LogP contribution in [0.2, 0.25) is 0 Å². The van der Waals surface area contributed by atoms with Crippen molar-refractivity contribution in [3.63, 3.8) is 0 Å². The molecule has 3 aromatic rings. The first-order chi connectivity index (χ1) is 14.3. The fourth-order valence-electron chi connectivity index (χ4n) is 3.51. The van der Waals surface area contributed by atoms with E-state index in [0.29, 0.717) is 24.3 Å². The molecule has 0 bridgehead atoms. The quantitative estimate of drug-likeness (QED) is 0.609. The number of aromatic nitrogens is 1. The third-order valence-electron chi connectivity index (χ3n) is 5.01. The number of aryl methyl sites for hydroxylation is 1. The van der Waals surface area contributed by atoms with E-state index in [1.807, 2.05) is 0 Å². The number of hydrogen-bond donors (Lipinski definition) is 0. The molecule has 0 atom stereocenters. The van der Waals surface area contributed by atoms with Gasteiger partial charge < -0.3 is 4.57 Å². The van der Waals surface area contributed by atoms with Crippen LogP contribution in [-0.4, -0.2) is 36.3 Å². The zero-order valence-electron chi connectivity index (χ0n) is 16.1. The van der Waals surface area contributed by atoms with Gasteiger partial charge in [0.05, 0.1) is 15.1 Å². The van der Waals surface area contributed by atoms with Crippen LogP contribution in [0.4, 0.5) is 8.78 Å². The van der Waals surface area contributed by atoms with Gasteiger partial charge >= 0.3 is 0 Å². The Morgan fingerprint density at radius 3 is 2.43 bits per heavy atom. The summed E-state index contributed by atoms with van der Waals surface area (Å²) >= 11 is 1.02. The highest BCUT2D eigenvalue weighted by atomic mass is 32.2. The van der Waals surface area contributed by atoms with Gasteiger partial charge in [0.2, 0.25) is 10.0 Å². The third-order valence-corrected chi connectivity index (χ3v) is 7.95. The molecule has 1 fully saturated rings. The first kappa shape index (κ1) is 20.8. The van der Waals surface area contributed by atoms with Crippen molar-refractivity contribution in [1.29, 1.82) is 0 Å². The SMILES string of the molecule is CCn1c(=NC(=O)c2ccc(S(=O)(=O)N3CCCC3)cc2)sc2cc(F)cc(F)c21. The van der Waals surface area contributed by atoms with Crippen LogP contribution in [0.25, 0.3) is 10.2 Å². The highest BCUT2D eigenvalue weighted by Gasteiger charge is 2.27.